The molecule has 0 bridgehead atoms. The van der Waals surface area contributed by atoms with Crippen LogP contribution in [0.1, 0.15) is 84.5 Å². The number of ether oxygens (including phenoxy) is 3. The molecule has 0 aliphatic rings. The predicted octanol–water partition coefficient (Wildman–Crippen LogP) is 8.73. The van der Waals surface area contributed by atoms with E-state index in [4.69, 9.17) is 14.2 Å². The molecule has 298 valence electrons. The highest BCUT2D eigenvalue weighted by Crippen LogP contribution is 2.10. The largest absolute Gasteiger partial charge is 0.544 e. The summed E-state index contributed by atoms with van der Waals surface area (Å²) in [5, 5.41) is 11.6. The molecule has 0 aromatic heterocycles. The van der Waals surface area contributed by atoms with Crippen molar-refractivity contribution >= 4 is 17.9 Å². The minimum atomic E-state index is -1.15. The first-order valence-electron chi connectivity index (χ1n) is 19.4. The van der Waals surface area contributed by atoms with Crippen LogP contribution in [-0.2, 0) is 28.6 Å². The summed E-state index contributed by atoms with van der Waals surface area (Å²) in [5.41, 5.74) is 0. The van der Waals surface area contributed by atoms with Gasteiger partial charge in [0.2, 0.25) is 0 Å². The summed E-state index contributed by atoms with van der Waals surface area (Å²) >= 11 is 0. The summed E-state index contributed by atoms with van der Waals surface area (Å²) in [6.45, 7) is 4.19. The first-order chi connectivity index (χ1) is 26.1. The SMILES string of the molecule is CC/C=C/C=C/C=C/C=C/C=C/C=C/CCCCCC(=O)OCC(COCCC(C(=O)[O-])[N+](C)(C)C)OC(=O)CCC/C=C/C=C/C=C/C=C/C=C/CC. The number of esters is 2. The van der Waals surface area contributed by atoms with E-state index >= 15 is 0 Å². The zero-order valence-corrected chi connectivity index (χ0v) is 33.6. The third kappa shape index (κ3) is 33.3. The van der Waals surface area contributed by atoms with Crippen molar-refractivity contribution in [2.75, 3.05) is 41.0 Å². The second kappa shape index (κ2) is 35.5. The number of unbranched alkanes of at least 4 members (excludes halogenated alkanes) is 4. The first kappa shape index (κ1) is 49.5. The quantitative estimate of drug-likeness (QED) is 0.0303. The summed E-state index contributed by atoms with van der Waals surface area (Å²) in [5.74, 6) is -1.92. The fraction of sp³-hybridized carbons (Fsp3) is 0.457. The lowest BCUT2D eigenvalue weighted by Gasteiger charge is -2.34. The van der Waals surface area contributed by atoms with Crippen molar-refractivity contribution in [2.24, 2.45) is 0 Å². The predicted molar refractivity (Wildman–Crippen MR) is 221 cm³/mol. The van der Waals surface area contributed by atoms with E-state index in [-0.39, 0.29) is 49.5 Å². The van der Waals surface area contributed by atoms with Crippen LogP contribution in [0.5, 0.6) is 0 Å². The van der Waals surface area contributed by atoms with Gasteiger partial charge in [0.05, 0.1) is 40.3 Å². The number of carboxylic acid groups (broad SMARTS) is 1. The monoisotopic (exact) mass is 745 g/mol. The molecule has 8 nitrogen and oxygen atoms in total. The molecule has 0 saturated heterocycles. The fourth-order valence-electron chi connectivity index (χ4n) is 4.60. The third-order valence-electron chi connectivity index (χ3n) is 7.57. The number of aliphatic carboxylic acids is 1. The number of hydrogen-bond acceptors (Lipinski definition) is 7. The lowest BCUT2D eigenvalue weighted by Crippen LogP contribution is -2.55. The van der Waals surface area contributed by atoms with E-state index in [1.54, 1.807) is 21.1 Å². The van der Waals surface area contributed by atoms with Gasteiger partial charge in [0, 0.05) is 19.3 Å². The van der Waals surface area contributed by atoms with Gasteiger partial charge in [0.1, 0.15) is 12.6 Å². The van der Waals surface area contributed by atoms with E-state index in [1.165, 1.54) is 0 Å². The molecule has 0 saturated carbocycles. The molecule has 0 amide bonds. The Morgan fingerprint density at radius 3 is 1.46 bits per heavy atom. The molecule has 0 aromatic carbocycles. The van der Waals surface area contributed by atoms with E-state index in [9.17, 15) is 19.5 Å². The van der Waals surface area contributed by atoms with Crippen LogP contribution < -0.4 is 5.11 Å². The minimum absolute atomic E-state index is 0.0141. The zero-order chi connectivity index (χ0) is 40.0. The normalized spacial score (nSPS) is 14.5. The lowest BCUT2D eigenvalue weighted by molar-refractivity contribution is -0.889. The molecule has 2 atom stereocenters. The third-order valence-corrected chi connectivity index (χ3v) is 7.57. The Balaban J connectivity index is 4.66. The van der Waals surface area contributed by atoms with Gasteiger partial charge in [0.15, 0.2) is 6.10 Å². The zero-order valence-electron chi connectivity index (χ0n) is 33.6. The smallest absolute Gasteiger partial charge is 0.306 e. The summed E-state index contributed by atoms with van der Waals surface area (Å²) in [7, 11) is 5.33. The Hall–Kier alpha value is -4.53. The Morgan fingerprint density at radius 1 is 0.556 bits per heavy atom. The van der Waals surface area contributed by atoms with Crippen molar-refractivity contribution in [2.45, 2.75) is 96.6 Å². The van der Waals surface area contributed by atoms with Gasteiger partial charge < -0.3 is 28.6 Å². The van der Waals surface area contributed by atoms with E-state index in [1.807, 2.05) is 115 Å². The molecule has 8 heteroatoms. The highest BCUT2D eigenvalue weighted by atomic mass is 16.6. The number of quaternary nitrogens is 1. The molecule has 0 rings (SSSR count). The Morgan fingerprint density at radius 2 is 1.00 bits per heavy atom. The average molecular weight is 746 g/mol. The van der Waals surface area contributed by atoms with E-state index in [0.717, 1.165) is 32.1 Å². The van der Waals surface area contributed by atoms with Gasteiger partial charge in [-0.25, -0.2) is 0 Å². The molecule has 0 aliphatic heterocycles. The summed E-state index contributed by atoms with van der Waals surface area (Å²) in [4.78, 5) is 36.7. The van der Waals surface area contributed by atoms with Gasteiger partial charge in [0.25, 0.3) is 0 Å². The van der Waals surface area contributed by atoms with Crippen LogP contribution in [0, 0.1) is 0 Å². The van der Waals surface area contributed by atoms with Gasteiger partial charge in [-0.15, -0.1) is 0 Å². The van der Waals surface area contributed by atoms with Gasteiger partial charge in [-0.2, -0.15) is 0 Å². The van der Waals surface area contributed by atoms with Crippen LogP contribution in [-0.4, -0.2) is 75.5 Å². The lowest BCUT2D eigenvalue weighted by atomic mass is 10.1. The maximum Gasteiger partial charge on any atom is 0.306 e. The molecule has 0 aromatic rings. The van der Waals surface area contributed by atoms with Crippen molar-refractivity contribution in [3.63, 3.8) is 0 Å². The Bertz CT molecular complexity index is 1330. The first-order valence-corrected chi connectivity index (χ1v) is 19.4. The van der Waals surface area contributed by atoms with Crippen molar-refractivity contribution < 1.29 is 38.2 Å². The molecule has 0 heterocycles. The minimum Gasteiger partial charge on any atom is -0.544 e. The van der Waals surface area contributed by atoms with Crippen LogP contribution in [0.2, 0.25) is 0 Å². The highest BCUT2D eigenvalue weighted by Gasteiger charge is 2.25. The molecular weight excluding hydrogens is 679 g/mol. The maximum absolute atomic E-state index is 12.6. The number of carbonyl (C=O) groups excluding carboxylic acids is 3. The second-order valence-electron chi connectivity index (χ2n) is 13.3. The van der Waals surface area contributed by atoms with Crippen LogP contribution >= 0.6 is 0 Å². The van der Waals surface area contributed by atoms with Gasteiger partial charge >= 0.3 is 11.9 Å². The fourth-order valence-corrected chi connectivity index (χ4v) is 4.60. The molecule has 0 spiro atoms. The van der Waals surface area contributed by atoms with Gasteiger partial charge in [-0.05, 0) is 44.9 Å². The number of hydrogen-bond donors (Lipinski definition) is 0. The number of allylic oxidation sites excluding steroid dienone is 22. The maximum atomic E-state index is 12.6. The molecule has 0 radical (unpaired) electrons. The highest BCUT2D eigenvalue weighted by molar-refractivity contribution is 5.70. The summed E-state index contributed by atoms with van der Waals surface area (Å²) in [6.07, 6.45) is 50.6. The van der Waals surface area contributed by atoms with Crippen molar-refractivity contribution in [3.05, 3.63) is 134 Å². The van der Waals surface area contributed by atoms with Crippen molar-refractivity contribution in [3.8, 4) is 0 Å². The number of carboxylic acids is 1. The number of likely N-dealkylation sites (N-methyl/N-ethyl adjacent to an activating group) is 1. The van der Waals surface area contributed by atoms with E-state index in [0.29, 0.717) is 19.3 Å². The van der Waals surface area contributed by atoms with Crippen LogP contribution in [0.4, 0.5) is 0 Å². The van der Waals surface area contributed by atoms with E-state index in [2.05, 4.69) is 32.1 Å². The average Bonchev–Trinajstić information content (AvgIpc) is 3.12. The Labute approximate surface area is 326 Å². The number of rotatable bonds is 31. The molecule has 0 N–H and O–H groups in total. The van der Waals surface area contributed by atoms with Crippen LogP contribution in [0.3, 0.4) is 0 Å². The van der Waals surface area contributed by atoms with Crippen LogP contribution in [0.15, 0.2) is 134 Å². The molecular formula is C46H67NO7. The van der Waals surface area contributed by atoms with Crippen molar-refractivity contribution in [1.82, 2.24) is 0 Å². The molecule has 54 heavy (non-hydrogen) atoms. The number of nitrogens with zero attached hydrogens (tertiary/aromatic N) is 1. The topological polar surface area (TPSA) is 102 Å². The summed E-state index contributed by atoms with van der Waals surface area (Å²) < 4.78 is 17.0. The van der Waals surface area contributed by atoms with Crippen LogP contribution in [0.25, 0.3) is 0 Å². The van der Waals surface area contributed by atoms with Crippen molar-refractivity contribution in [1.29, 1.82) is 0 Å². The summed E-state index contributed by atoms with van der Waals surface area (Å²) in [6, 6.07) is -0.754. The van der Waals surface area contributed by atoms with E-state index < -0.39 is 24.1 Å². The van der Waals surface area contributed by atoms with Gasteiger partial charge in [-0.3, -0.25) is 9.59 Å². The molecule has 0 aliphatic carbocycles. The second-order valence-corrected chi connectivity index (χ2v) is 13.3. The number of carbonyl (C=O) groups is 3. The van der Waals surface area contributed by atoms with Gasteiger partial charge in [-0.1, -0.05) is 154 Å². The Kier molecular flexibility index (Phi) is 32.5. The molecule has 2 unspecified atom stereocenters. The molecule has 0 fully saturated rings. The standard InChI is InChI=1S/C46H67NO7/c1-6-8-10-12-14-16-18-20-21-22-23-25-26-28-30-32-34-36-44(48)53-41-42(40-52-39-38-43(46(50)51)47(3,4)5)54-45(49)37-35-33-31-29-27-24-19-17-15-13-11-9-7-2/h8-27,29,31,42-43H,6-7,28,30,32-41H2,1-5H3/b10-8+,11-9+,14-12+,15-13+,18-16+,19-17+,21-20+,23-22+,26-25+,27-24+,31-29+.